The zero-order valence-corrected chi connectivity index (χ0v) is 10.7. The fourth-order valence-electron chi connectivity index (χ4n) is 2.10. The van der Waals surface area contributed by atoms with Crippen LogP contribution in [-0.2, 0) is 6.54 Å². The number of H-pyrrole nitrogens is 1. The van der Waals surface area contributed by atoms with E-state index >= 15 is 0 Å². The van der Waals surface area contributed by atoms with Gasteiger partial charge in [0.15, 0.2) is 0 Å². The molecule has 0 aliphatic heterocycles. The number of nitrogens with one attached hydrogen (secondary N) is 2. The van der Waals surface area contributed by atoms with Crippen molar-refractivity contribution in [3.8, 4) is 0 Å². The lowest BCUT2D eigenvalue weighted by Crippen LogP contribution is -1.99. The Morgan fingerprint density at radius 1 is 1.10 bits per heavy atom. The normalized spacial score (nSPS) is 10.6. The highest BCUT2D eigenvalue weighted by Crippen LogP contribution is 2.19. The van der Waals surface area contributed by atoms with Crippen molar-refractivity contribution >= 4 is 22.3 Å². The first-order valence-corrected chi connectivity index (χ1v) is 6.27. The molecule has 3 aromatic rings. The van der Waals surface area contributed by atoms with Crippen LogP contribution in [0, 0.1) is 10.1 Å². The van der Waals surface area contributed by atoms with E-state index < -0.39 is 4.92 Å². The summed E-state index contributed by atoms with van der Waals surface area (Å²) in [5.41, 5.74) is 3.24. The quantitative estimate of drug-likeness (QED) is 0.559. The maximum absolute atomic E-state index is 10.6. The van der Waals surface area contributed by atoms with E-state index in [0.29, 0.717) is 6.54 Å². The number of hydrogen-bond acceptors (Lipinski definition) is 3. The van der Waals surface area contributed by atoms with E-state index in [-0.39, 0.29) is 5.69 Å². The molecule has 0 aliphatic carbocycles. The van der Waals surface area contributed by atoms with Crippen LogP contribution >= 0.6 is 0 Å². The molecular weight excluding hydrogens is 254 g/mol. The van der Waals surface area contributed by atoms with Gasteiger partial charge in [0, 0.05) is 41.5 Å². The molecule has 0 unspecified atom stereocenters. The van der Waals surface area contributed by atoms with Crippen LogP contribution in [0.3, 0.4) is 0 Å². The highest BCUT2D eigenvalue weighted by Gasteiger charge is 2.03. The average Bonchev–Trinajstić information content (AvgIpc) is 2.93. The molecular formula is C15H13N3O2. The number of non-ortho nitro benzene ring substituents is 1. The molecule has 1 heterocycles. The number of benzene rings is 2. The summed E-state index contributed by atoms with van der Waals surface area (Å²) < 4.78 is 0. The lowest BCUT2D eigenvalue weighted by atomic mass is 10.2. The van der Waals surface area contributed by atoms with Gasteiger partial charge in [-0.3, -0.25) is 10.1 Å². The molecule has 2 aromatic carbocycles. The second-order valence-electron chi connectivity index (χ2n) is 4.56. The molecule has 100 valence electrons. The van der Waals surface area contributed by atoms with Crippen LogP contribution in [0.5, 0.6) is 0 Å². The Labute approximate surface area is 115 Å². The van der Waals surface area contributed by atoms with Gasteiger partial charge in [0.25, 0.3) is 5.69 Å². The Bertz CT molecular complexity index is 747. The number of rotatable bonds is 4. The molecule has 0 fully saturated rings. The number of nitro benzene ring substituents is 1. The largest absolute Gasteiger partial charge is 0.381 e. The summed E-state index contributed by atoms with van der Waals surface area (Å²) in [6.45, 7) is 0.633. The molecule has 0 radical (unpaired) electrons. The van der Waals surface area contributed by atoms with Crippen molar-refractivity contribution in [2.45, 2.75) is 6.54 Å². The summed E-state index contributed by atoms with van der Waals surface area (Å²) in [7, 11) is 0. The molecule has 1 aromatic heterocycles. The Morgan fingerprint density at radius 2 is 1.90 bits per heavy atom. The summed E-state index contributed by atoms with van der Waals surface area (Å²) in [5.74, 6) is 0. The lowest BCUT2D eigenvalue weighted by molar-refractivity contribution is -0.384. The molecule has 0 spiro atoms. The molecule has 0 atom stereocenters. The van der Waals surface area contributed by atoms with E-state index in [1.54, 1.807) is 12.1 Å². The molecule has 0 saturated heterocycles. The smallest absolute Gasteiger partial charge is 0.269 e. The average molecular weight is 267 g/mol. The second-order valence-corrected chi connectivity index (χ2v) is 4.56. The third-order valence-corrected chi connectivity index (χ3v) is 3.20. The van der Waals surface area contributed by atoms with Crippen LogP contribution in [-0.4, -0.2) is 9.91 Å². The van der Waals surface area contributed by atoms with Crippen molar-refractivity contribution in [3.63, 3.8) is 0 Å². The standard InChI is InChI=1S/C15H13N3O2/c19-18(20)14-4-1-11(2-5-14)10-17-13-3-6-15-12(9-13)7-8-16-15/h1-9,16-17H,10H2. The van der Waals surface area contributed by atoms with Crippen molar-refractivity contribution in [2.75, 3.05) is 5.32 Å². The van der Waals surface area contributed by atoms with Crippen LogP contribution in [0.15, 0.2) is 54.7 Å². The molecule has 3 rings (SSSR count). The summed E-state index contributed by atoms with van der Waals surface area (Å²) in [4.78, 5) is 13.3. The first-order valence-electron chi connectivity index (χ1n) is 6.27. The van der Waals surface area contributed by atoms with Gasteiger partial charge in [-0.1, -0.05) is 12.1 Å². The van der Waals surface area contributed by atoms with Gasteiger partial charge in [0.2, 0.25) is 0 Å². The molecule has 2 N–H and O–H groups in total. The van der Waals surface area contributed by atoms with Crippen molar-refractivity contribution in [1.29, 1.82) is 0 Å². The van der Waals surface area contributed by atoms with Gasteiger partial charge in [-0.2, -0.15) is 0 Å². The summed E-state index contributed by atoms with van der Waals surface area (Å²) >= 11 is 0. The van der Waals surface area contributed by atoms with Gasteiger partial charge in [-0.05, 0) is 29.8 Å². The molecule has 0 bridgehead atoms. The maximum Gasteiger partial charge on any atom is 0.269 e. The van der Waals surface area contributed by atoms with E-state index in [0.717, 1.165) is 22.2 Å². The number of hydrogen-bond donors (Lipinski definition) is 2. The Morgan fingerprint density at radius 3 is 2.65 bits per heavy atom. The van der Waals surface area contributed by atoms with E-state index in [4.69, 9.17) is 0 Å². The zero-order valence-electron chi connectivity index (χ0n) is 10.7. The molecule has 20 heavy (non-hydrogen) atoms. The van der Waals surface area contributed by atoms with Crippen LogP contribution in [0.1, 0.15) is 5.56 Å². The Hall–Kier alpha value is -2.82. The fourth-order valence-corrected chi connectivity index (χ4v) is 2.10. The minimum atomic E-state index is -0.392. The van der Waals surface area contributed by atoms with Gasteiger partial charge < -0.3 is 10.3 Å². The highest BCUT2D eigenvalue weighted by atomic mass is 16.6. The minimum absolute atomic E-state index is 0.113. The van der Waals surface area contributed by atoms with Crippen molar-refractivity contribution in [1.82, 2.24) is 4.98 Å². The van der Waals surface area contributed by atoms with E-state index in [1.165, 1.54) is 12.1 Å². The topological polar surface area (TPSA) is 71.0 Å². The lowest BCUT2D eigenvalue weighted by Gasteiger charge is -2.06. The van der Waals surface area contributed by atoms with Crippen LogP contribution < -0.4 is 5.32 Å². The zero-order chi connectivity index (χ0) is 13.9. The third-order valence-electron chi connectivity index (χ3n) is 3.20. The number of fused-ring (bicyclic) bond motifs is 1. The summed E-state index contributed by atoms with van der Waals surface area (Å²) in [6.07, 6.45) is 1.91. The maximum atomic E-state index is 10.6. The SMILES string of the molecule is O=[N+]([O-])c1ccc(CNc2ccc3[nH]ccc3c2)cc1. The molecule has 0 saturated carbocycles. The predicted octanol–water partition coefficient (Wildman–Crippen LogP) is 3.69. The molecule has 0 amide bonds. The van der Waals surface area contributed by atoms with Gasteiger partial charge in [-0.25, -0.2) is 0 Å². The number of nitro groups is 1. The van der Waals surface area contributed by atoms with Crippen LogP contribution in [0.4, 0.5) is 11.4 Å². The van der Waals surface area contributed by atoms with E-state index in [2.05, 4.69) is 16.4 Å². The molecule has 5 nitrogen and oxygen atoms in total. The predicted molar refractivity (Wildman–Crippen MR) is 78.7 cm³/mol. The number of nitrogens with zero attached hydrogens (tertiary/aromatic N) is 1. The fraction of sp³-hybridized carbons (Fsp3) is 0.0667. The van der Waals surface area contributed by atoms with Gasteiger partial charge in [0.1, 0.15) is 0 Å². The third kappa shape index (κ3) is 2.47. The summed E-state index contributed by atoms with van der Waals surface area (Å²) in [5, 5.41) is 15.0. The van der Waals surface area contributed by atoms with Crippen LogP contribution in [0.2, 0.25) is 0 Å². The van der Waals surface area contributed by atoms with E-state index in [9.17, 15) is 10.1 Å². The van der Waals surface area contributed by atoms with Crippen LogP contribution in [0.25, 0.3) is 10.9 Å². The number of aromatic amines is 1. The molecule has 5 heteroatoms. The Balaban J connectivity index is 1.70. The Kier molecular flexibility index (Phi) is 3.09. The van der Waals surface area contributed by atoms with Crippen molar-refractivity contribution in [2.24, 2.45) is 0 Å². The number of aromatic nitrogens is 1. The van der Waals surface area contributed by atoms with Crippen molar-refractivity contribution in [3.05, 3.63) is 70.4 Å². The second kappa shape index (κ2) is 5.05. The first-order chi connectivity index (χ1) is 9.72. The number of anilines is 1. The molecule has 0 aliphatic rings. The summed E-state index contributed by atoms with van der Waals surface area (Å²) in [6, 6.07) is 14.7. The van der Waals surface area contributed by atoms with Gasteiger partial charge >= 0.3 is 0 Å². The van der Waals surface area contributed by atoms with Gasteiger partial charge in [0.05, 0.1) is 4.92 Å². The van der Waals surface area contributed by atoms with Crippen molar-refractivity contribution < 1.29 is 4.92 Å². The monoisotopic (exact) mass is 267 g/mol. The minimum Gasteiger partial charge on any atom is -0.381 e. The van der Waals surface area contributed by atoms with Gasteiger partial charge in [-0.15, -0.1) is 0 Å². The van der Waals surface area contributed by atoms with E-state index in [1.807, 2.05) is 24.4 Å². The first kappa shape index (κ1) is 12.2. The highest BCUT2D eigenvalue weighted by molar-refractivity contribution is 5.82.